The standard InChI is InChI=1S/C21H22N2O5/c1-13(20(24)23(2)12-14-9-10-26-22-14)27-15-7-8-17-16-5-3-4-6-18(16)21(25)28-19(17)11-15/h7-11,13H,3-6,12H2,1-2H3. The van der Waals surface area contributed by atoms with Crippen molar-refractivity contribution in [2.75, 3.05) is 7.05 Å². The quantitative estimate of drug-likeness (QED) is 0.631. The van der Waals surface area contributed by atoms with Crippen LogP contribution in [-0.2, 0) is 24.2 Å². The Morgan fingerprint density at radius 2 is 2.04 bits per heavy atom. The fraction of sp³-hybridized carbons (Fsp3) is 0.381. The summed E-state index contributed by atoms with van der Waals surface area (Å²) in [6.45, 7) is 2.02. The van der Waals surface area contributed by atoms with Crippen LogP contribution in [0.5, 0.6) is 5.75 Å². The smallest absolute Gasteiger partial charge is 0.339 e. The number of hydrogen-bond donors (Lipinski definition) is 0. The van der Waals surface area contributed by atoms with Crippen LogP contribution in [0, 0.1) is 0 Å². The van der Waals surface area contributed by atoms with E-state index in [-0.39, 0.29) is 11.5 Å². The first kappa shape index (κ1) is 18.3. The van der Waals surface area contributed by atoms with Gasteiger partial charge in [-0.25, -0.2) is 4.79 Å². The second-order valence-corrected chi connectivity index (χ2v) is 7.16. The third kappa shape index (κ3) is 3.52. The van der Waals surface area contributed by atoms with E-state index in [1.807, 2.05) is 12.1 Å². The monoisotopic (exact) mass is 382 g/mol. The maximum absolute atomic E-state index is 12.6. The Morgan fingerprint density at radius 1 is 1.25 bits per heavy atom. The highest BCUT2D eigenvalue weighted by Gasteiger charge is 2.22. The van der Waals surface area contributed by atoms with E-state index in [2.05, 4.69) is 5.16 Å². The summed E-state index contributed by atoms with van der Waals surface area (Å²) in [5, 5.41) is 4.76. The summed E-state index contributed by atoms with van der Waals surface area (Å²) in [6, 6.07) is 7.13. The lowest BCUT2D eigenvalue weighted by atomic mass is 9.91. The van der Waals surface area contributed by atoms with Gasteiger partial charge in [-0.05, 0) is 50.3 Å². The van der Waals surface area contributed by atoms with Gasteiger partial charge in [-0.3, -0.25) is 4.79 Å². The SMILES string of the molecule is CC(Oc1ccc2c3c(c(=O)oc2c1)CCCC3)C(=O)N(C)Cc1ccon1. The van der Waals surface area contributed by atoms with E-state index < -0.39 is 6.10 Å². The van der Waals surface area contributed by atoms with Crippen molar-refractivity contribution in [2.45, 2.75) is 45.3 Å². The Kier molecular flexibility index (Phi) is 4.90. The van der Waals surface area contributed by atoms with E-state index in [4.69, 9.17) is 13.7 Å². The molecule has 2 heterocycles. The summed E-state index contributed by atoms with van der Waals surface area (Å²) in [6.07, 6.45) is 4.53. The Hall–Kier alpha value is -3.09. The van der Waals surface area contributed by atoms with E-state index in [1.165, 1.54) is 11.2 Å². The summed E-state index contributed by atoms with van der Waals surface area (Å²) in [4.78, 5) is 26.4. The molecular weight excluding hydrogens is 360 g/mol. The lowest BCUT2D eigenvalue weighted by Gasteiger charge is -2.21. The van der Waals surface area contributed by atoms with E-state index in [9.17, 15) is 9.59 Å². The zero-order chi connectivity index (χ0) is 19.7. The second kappa shape index (κ2) is 7.50. The molecule has 1 aromatic carbocycles. The molecule has 0 aliphatic heterocycles. The van der Waals surface area contributed by atoms with Crippen LogP contribution >= 0.6 is 0 Å². The number of benzene rings is 1. The van der Waals surface area contributed by atoms with Crippen molar-refractivity contribution in [1.29, 1.82) is 0 Å². The van der Waals surface area contributed by atoms with Gasteiger partial charge in [-0.1, -0.05) is 5.16 Å². The Balaban J connectivity index is 1.52. The van der Waals surface area contributed by atoms with Crippen molar-refractivity contribution in [2.24, 2.45) is 0 Å². The van der Waals surface area contributed by atoms with Gasteiger partial charge in [-0.15, -0.1) is 0 Å². The maximum Gasteiger partial charge on any atom is 0.339 e. The molecule has 7 nitrogen and oxygen atoms in total. The third-order valence-corrected chi connectivity index (χ3v) is 5.12. The first-order valence-corrected chi connectivity index (χ1v) is 9.42. The van der Waals surface area contributed by atoms with Crippen LogP contribution in [0.4, 0.5) is 0 Å². The molecule has 1 aliphatic carbocycles. The molecule has 4 rings (SSSR count). The minimum absolute atomic E-state index is 0.185. The highest BCUT2D eigenvalue weighted by Crippen LogP contribution is 2.29. The number of aromatic nitrogens is 1. The summed E-state index contributed by atoms with van der Waals surface area (Å²) in [7, 11) is 1.68. The molecule has 0 radical (unpaired) electrons. The van der Waals surface area contributed by atoms with Crippen LogP contribution in [-0.4, -0.2) is 29.1 Å². The van der Waals surface area contributed by atoms with Crippen LogP contribution in [0.15, 0.2) is 44.3 Å². The molecule has 7 heteroatoms. The van der Waals surface area contributed by atoms with E-state index in [0.29, 0.717) is 23.6 Å². The van der Waals surface area contributed by atoms with Gasteiger partial charge in [0.25, 0.3) is 5.91 Å². The van der Waals surface area contributed by atoms with Crippen molar-refractivity contribution in [3.05, 3.63) is 57.8 Å². The Labute approximate surface area is 161 Å². The number of amides is 1. The molecule has 28 heavy (non-hydrogen) atoms. The number of fused-ring (bicyclic) bond motifs is 3. The molecule has 0 fully saturated rings. The number of rotatable bonds is 5. The number of aryl methyl sites for hydroxylation is 1. The van der Waals surface area contributed by atoms with Crippen molar-refractivity contribution < 1.29 is 18.5 Å². The highest BCUT2D eigenvalue weighted by molar-refractivity contribution is 5.83. The fourth-order valence-electron chi connectivity index (χ4n) is 3.70. The molecule has 146 valence electrons. The average molecular weight is 382 g/mol. The van der Waals surface area contributed by atoms with Crippen LogP contribution in [0.3, 0.4) is 0 Å². The molecule has 0 bridgehead atoms. The van der Waals surface area contributed by atoms with Gasteiger partial charge in [0.05, 0.1) is 6.54 Å². The molecule has 3 aromatic rings. The lowest BCUT2D eigenvalue weighted by molar-refractivity contribution is -0.137. The first-order chi connectivity index (χ1) is 13.5. The van der Waals surface area contributed by atoms with Crippen LogP contribution in [0.1, 0.15) is 36.6 Å². The van der Waals surface area contributed by atoms with Crippen LogP contribution < -0.4 is 10.4 Å². The highest BCUT2D eigenvalue weighted by atomic mass is 16.5. The number of ether oxygens (including phenoxy) is 1. The van der Waals surface area contributed by atoms with Gasteiger partial charge in [0.15, 0.2) is 6.10 Å². The molecule has 0 saturated heterocycles. The van der Waals surface area contributed by atoms with Gasteiger partial charge < -0.3 is 18.6 Å². The van der Waals surface area contributed by atoms with E-state index in [1.54, 1.807) is 26.1 Å². The summed E-state index contributed by atoms with van der Waals surface area (Å²) in [5.74, 6) is 0.303. The van der Waals surface area contributed by atoms with Crippen LogP contribution in [0.2, 0.25) is 0 Å². The van der Waals surface area contributed by atoms with Crippen molar-refractivity contribution in [3.8, 4) is 5.75 Å². The average Bonchev–Trinajstić information content (AvgIpc) is 3.20. The number of carbonyl (C=O) groups excluding carboxylic acids is 1. The number of nitrogens with zero attached hydrogens (tertiary/aromatic N) is 2. The van der Waals surface area contributed by atoms with E-state index in [0.717, 1.165) is 42.2 Å². The third-order valence-electron chi connectivity index (χ3n) is 5.12. The predicted octanol–water partition coefficient (Wildman–Crippen LogP) is 3.09. The number of hydrogen-bond acceptors (Lipinski definition) is 6. The normalized spacial score (nSPS) is 14.5. The minimum atomic E-state index is -0.696. The summed E-state index contributed by atoms with van der Waals surface area (Å²) >= 11 is 0. The molecule has 1 amide bonds. The molecule has 0 spiro atoms. The van der Waals surface area contributed by atoms with Gasteiger partial charge in [-0.2, -0.15) is 0 Å². The zero-order valence-electron chi connectivity index (χ0n) is 15.9. The first-order valence-electron chi connectivity index (χ1n) is 9.42. The molecule has 1 atom stereocenters. The largest absolute Gasteiger partial charge is 0.481 e. The fourth-order valence-corrected chi connectivity index (χ4v) is 3.70. The van der Waals surface area contributed by atoms with Gasteiger partial charge in [0.2, 0.25) is 0 Å². The van der Waals surface area contributed by atoms with Crippen molar-refractivity contribution in [3.63, 3.8) is 0 Å². The molecule has 2 aromatic heterocycles. The molecule has 0 saturated carbocycles. The lowest BCUT2D eigenvalue weighted by Crippen LogP contribution is -2.37. The second-order valence-electron chi connectivity index (χ2n) is 7.16. The number of likely N-dealkylation sites (N-methyl/N-ethyl adjacent to an activating group) is 1. The van der Waals surface area contributed by atoms with Crippen molar-refractivity contribution in [1.82, 2.24) is 10.1 Å². The van der Waals surface area contributed by atoms with Crippen LogP contribution in [0.25, 0.3) is 11.0 Å². The van der Waals surface area contributed by atoms with Crippen molar-refractivity contribution >= 4 is 16.9 Å². The molecule has 0 N–H and O–H groups in total. The predicted molar refractivity (Wildman–Crippen MR) is 102 cm³/mol. The Morgan fingerprint density at radius 3 is 2.79 bits per heavy atom. The summed E-state index contributed by atoms with van der Waals surface area (Å²) < 4.78 is 16.1. The topological polar surface area (TPSA) is 85.8 Å². The minimum Gasteiger partial charge on any atom is -0.481 e. The van der Waals surface area contributed by atoms with Gasteiger partial charge >= 0.3 is 5.63 Å². The van der Waals surface area contributed by atoms with Gasteiger partial charge in [0.1, 0.15) is 23.3 Å². The van der Waals surface area contributed by atoms with E-state index >= 15 is 0 Å². The molecule has 1 aliphatic rings. The summed E-state index contributed by atoms with van der Waals surface area (Å²) in [5.41, 5.74) is 2.78. The Bertz CT molecular complexity index is 1050. The molecule has 1 unspecified atom stereocenters. The zero-order valence-corrected chi connectivity index (χ0v) is 15.9. The molecular formula is C21H22N2O5. The number of carbonyl (C=O) groups is 1. The van der Waals surface area contributed by atoms with Gasteiger partial charge in [0, 0.05) is 30.1 Å². The maximum atomic E-state index is 12.6.